The summed E-state index contributed by atoms with van der Waals surface area (Å²) in [6.45, 7) is 4.87. The summed E-state index contributed by atoms with van der Waals surface area (Å²) in [6.07, 6.45) is 2.24. The first-order chi connectivity index (χ1) is 12.5. The minimum absolute atomic E-state index is 0.168. The quantitative estimate of drug-likeness (QED) is 0.585. The van der Waals surface area contributed by atoms with Crippen LogP contribution in [0.3, 0.4) is 0 Å². The van der Waals surface area contributed by atoms with Crippen LogP contribution < -0.4 is 0 Å². The van der Waals surface area contributed by atoms with E-state index in [9.17, 15) is 14.0 Å². The van der Waals surface area contributed by atoms with E-state index in [1.54, 1.807) is 12.1 Å². The fourth-order valence-electron chi connectivity index (χ4n) is 3.27. The molecule has 0 aliphatic carbocycles. The molecule has 1 atom stereocenters. The number of hydrogen-bond acceptors (Lipinski definition) is 4. The van der Waals surface area contributed by atoms with E-state index in [-0.39, 0.29) is 17.5 Å². The third kappa shape index (κ3) is 3.85. The number of esters is 1. The molecule has 1 aliphatic heterocycles. The van der Waals surface area contributed by atoms with Gasteiger partial charge in [0.1, 0.15) is 5.82 Å². The number of aryl methyl sites for hydroxylation is 1. The lowest BCUT2D eigenvalue weighted by molar-refractivity contribution is 0.0470. The number of rotatable bonds is 6. The Bertz CT molecular complexity index is 821. The third-order valence-corrected chi connectivity index (χ3v) is 4.71. The van der Waals surface area contributed by atoms with E-state index < -0.39 is 18.4 Å². The van der Waals surface area contributed by atoms with Gasteiger partial charge in [-0.05, 0) is 44.9 Å². The van der Waals surface area contributed by atoms with Crippen molar-refractivity contribution in [3.8, 4) is 0 Å². The molecule has 1 aromatic heterocycles. The molecule has 0 N–H and O–H groups in total. The molecule has 2 aromatic rings. The summed E-state index contributed by atoms with van der Waals surface area (Å²) in [5.41, 5.74) is 2.12. The van der Waals surface area contributed by atoms with Gasteiger partial charge in [-0.15, -0.1) is 0 Å². The Hall–Kier alpha value is -2.47. The predicted molar refractivity (Wildman–Crippen MR) is 93.9 cm³/mol. The fraction of sp³-hybridized carbons (Fsp3) is 0.400. The number of halogens is 1. The number of carbonyl (C=O) groups excluding carboxylic acids is 2. The Morgan fingerprint density at radius 3 is 2.73 bits per heavy atom. The second-order valence-corrected chi connectivity index (χ2v) is 6.51. The van der Waals surface area contributed by atoms with Gasteiger partial charge in [0, 0.05) is 30.1 Å². The molecule has 0 spiro atoms. The maximum Gasteiger partial charge on any atom is 0.341 e. The number of aromatic nitrogens is 1. The third-order valence-electron chi connectivity index (χ3n) is 4.71. The highest BCUT2D eigenvalue weighted by Crippen LogP contribution is 2.21. The normalized spacial score (nSPS) is 16.7. The number of benzene rings is 1. The fourth-order valence-corrected chi connectivity index (χ4v) is 3.27. The van der Waals surface area contributed by atoms with Crippen molar-refractivity contribution in [1.29, 1.82) is 0 Å². The second kappa shape index (κ2) is 7.83. The van der Waals surface area contributed by atoms with E-state index in [1.807, 2.05) is 13.8 Å². The number of hydrogen-bond donors (Lipinski definition) is 0. The van der Waals surface area contributed by atoms with Crippen LogP contribution in [0.15, 0.2) is 30.3 Å². The Morgan fingerprint density at radius 1 is 1.27 bits per heavy atom. The van der Waals surface area contributed by atoms with Gasteiger partial charge in [0.15, 0.2) is 6.61 Å². The molecule has 1 saturated heterocycles. The van der Waals surface area contributed by atoms with Crippen molar-refractivity contribution in [2.75, 3.05) is 13.2 Å². The molecular weight excluding hydrogens is 337 g/mol. The first-order valence-electron chi connectivity index (χ1n) is 8.70. The van der Waals surface area contributed by atoms with Crippen LogP contribution in [0.1, 0.15) is 44.9 Å². The number of ketones is 1. The number of carbonyl (C=O) groups is 2. The molecule has 0 unspecified atom stereocenters. The first kappa shape index (κ1) is 18.3. The zero-order valence-corrected chi connectivity index (χ0v) is 15.0. The molecule has 26 heavy (non-hydrogen) atoms. The van der Waals surface area contributed by atoms with Crippen molar-refractivity contribution in [3.05, 3.63) is 58.7 Å². The molecule has 0 radical (unpaired) electrons. The standard InChI is InChI=1S/C20H22FNO4/c1-13-10-17(14(2)22(13)11-15-6-5-9-25-15)19(23)12-26-20(24)16-7-3-4-8-18(16)21/h3-4,7-8,10,15H,5-6,9,11-12H2,1-2H3/t15-/m0/s1. The molecular formula is C20H22FNO4. The Labute approximate surface area is 151 Å². The summed E-state index contributed by atoms with van der Waals surface area (Å²) in [7, 11) is 0. The molecule has 1 aromatic carbocycles. The summed E-state index contributed by atoms with van der Waals surface area (Å²) in [6, 6.07) is 7.33. The lowest BCUT2D eigenvalue weighted by Crippen LogP contribution is -2.18. The van der Waals surface area contributed by atoms with Gasteiger partial charge in [0.25, 0.3) is 0 Å². The van der Waals surface area contributed by atoms with Crippen LogP contribution in [0.25, 0.3) is 0 Å². The molecule has 5 nitrogen and oxygen atoms in total. The van der Waals surface area contributed by atoms with E-state index in [2.05, 4.69) is 4.57 Å². The van der Waals surface area contributed by atoms with Crippen molar-refractivity contribution in [2.24, 2.45) is 0 Å². The largest absolute Gasteiger partial charge is 0.454 e. The van der Waals surface area contributed by atoms with Crippen molar-refractivity contribution >= 4 is 11.8 Å². The topological polar surface area (TPSA) is 57.5 Å². The van der Waals surface area contributed by atoms with E-state index in [4.69, 9.17) is 9.47 Å². The average molecular weight is 359 g/mol. The van der Waals surface area contributed by atoms with Crippen LogP contribution in [0.4, 0.5) is 4.39 Å². The summed E-state index contributed by atoms with van der Waals surface area (Å²) in [5.74, 6) is -1.81. The van der Waals surface area contributed by atoms with Crippen molar-refractivity contribution in [2.45, 2.75) is 39.3 Å². The van der Waals surface area contributed by atoms with Crippen molar-refractivity contribution in [3.63, 3.8) is 0 Å². The van der Waals surface area contributed by atoms with E-state index >= 15 is 0 Å². The van der Waals surface area contributed by atoms with Crippen LogP contribution >= 0.6 is 0 Å². The molecule has 1 aliphatic rings. The molecule has 2 heterocycles. The highest BCUT2D eigenvalue weighted by molar-refractivity contribution is 6.00. The highest BCUT2D eigenvalue weighted by Gasteiger charge is 2.22. The zero-order chi connectivity index (χ0) is 18.7. The predicted octanol–water partition coefficient (Wildman–Crippen LogP) is 3.46. The second-order valence-electron chi connectivity index (χ2n) is 6.51. The number of nitrogens with zero attached hydrogens (tertiary/aromatic N) is 1. The summed E-state index contributed by atoms with van der Waals surface area (Å²) < 4.78 is 26.3. The van der Waals surface area contributed by atoms with Gasteiger partial charge in [-0.2, -0.15) is 0 Å². The molecule has 0 saturated carbocycles. The first-order valence-corrected chi connectivity index (χ1v) is 8.70. The lowest BCUT2D eigenvalue weighted by atomic mass is 10.1. The van der Waals surface area contributed by atoms with Gasteiger partial charge in [-0.25, -0.2) is 9.18 Å². The summed E-state index contributed by atoms with van der Waals surface area (Å²) in [5, 5.41) is 0. The van der Waals surface area contributed by atoms with Gasteiger partial charge in [-0.3, -0.25) is 4.79 Å². The van der Waals surface area contributed by atoms with Crippen LogP contribution in [0.2, 0.25) is 0 Å². The van der Waals surface area contributed by atoms with Crippen molar-refractivity contribution < 1.29 is 23.5 Å². The minimum atomic E-state index is -0.843. The summed E-state index contributed by atoms with van der Waals surface area (Å²) >= 11 is 0. The number of Topliss-reactive ketones (excluding diaryl/α,β-unsaturated/α-hetero) is 1. The zero-order valence-electron chi connectivity index (χ0n) is 15.0. The van der Waals surface area contributed by atoms with Gasteiger partial charge < -0.3 is 14.0 Å². The minimum Gasteiger partial charge on any atom is -0.454 e. The van der Waals surface area contributed by atoms with Gasteiger partial charge >= 0.3 is 5.97 Å². The number of ether oxygens (including phenoxy) is 2. The molecule has 138 valence electrons. The van der Waals surface area contributed by atoms with Crippen LogP contribution in [-0.2, 0) is 16.0 Å². The van der Waals surface area contributed by atoms with E-state index in [0.717, 1.165) is 30.8 Å². The van der Waals surface area contributed by atoms with Gasteiger partial charge in [-0.1, -0.05) is 12.1 Å². The Morgan fingerprint density at radius 2 is 2.04 bits per heavy atom. The smallest absolute Gasteiger partial charge is 0.341 e. The average Bonchev–Trinajstić information content (AvgIpc) is 3.23. The lowest BCUT2D eigenvalue weighted by Gasteiger charge is -2.14. The maximum absolute atomic E-state index is 13.6. The summed E-state index contributed by atoms with van der Waals surface area (Å²) in [4.78, 5) is 24.4. The van der Waals surface area contributed by atoms with Gasteiger partial charge in [0.05, 0.1) is 11.7 Å². The molecule has 6 heteroatoms. The molecule has 1 fully saturated rings. The van der Waals surface area contributed by atoms with Crippen LogP contribution in [-0.4, -0.2) is 35.6 Å². The van der Waals surface area contributed by atoms with Crippen LogP contribution in [0, 0.1) is 19.7 Å². The van der Waals surface area contributed by atoms with E-state index in [1.165, 1.54) is 18.2 Å². The molecule has 3 rings (SSSR count). The Kier molecular flexibility index (Phi) is 5.52. The highest BCUT2D eigenvalue weighted by atomic mass is 19.1. The molecule has 0 bridgehead atoms. The van der Waals surface area contributed by atoms with Crippen LogP contribution in [0.5, 0.6) is 0 Å². The van der Waals surface area contributed by atoms with E-state index in [0.29, 0.717) is 12.1 Å². The maximum atomic E-state index is 13.6. The Balaban J connectivity index is 1.66. The molecule has 0 amide bonds. The van der Waals surface area contributed by atoms with Crippen molar-refractivity contribution in [1.82, 2.24) is 4.57 Å². The SMILES string of the molecule is Cc1cc(C(=O)COC(=O)c2ccccc2F)c(C)n1C[C@@H]1CCCO1. The van der Waals surface area contributed by atoms with Gasteiger partial charge in [0.2, 0.25) is 5.78 Å². The monoisotopic (exact) mass is 359 g/mol.